The van der Waals surface area contributed by atoms with Crippen LogP contribution in [0, 0.1) is 12.3 Å². The second kappa shape index (κ2) is 8.23. The van der Waals surface area contributed by atoms with Crippen LogP contribution in [0.15, 0.2) is 42.5 Å². The molecule has 26 heavy (non-hydrogen) atoms. The molecule has 2 amide bonds. The molecule has 6 heteroatoms. The van der Waals surface area contributed by atoms with Crippen LogP contribution in [0.1, 0.15) is 25.0 Å². The molecule has 2 N–H and O–H groups in total. The number of hydrogen-bond donors (Lipinski definition) is 2. The average Bonchev–Trinajstić information content (AvgIpc) is 2.61. The van der Waals surface area contributed by atoms with Gasteiger partial charge < -0.3 is 15.4 Å². The van der Waals surface area contributed by atoms with Crippen molar-refractivity contribution in [2.75, 3.05) is 12.4 Å². The van der Waals surface area contributed by atoms with Crippen molar-refractivity contribution in [2.45, 2.75) is 27.3 Å². The van der Waals surface area contributed by atoms with Gasteiger partial charge in [0.05, 0.1) is 12.1 Å². The minimum atomic E-state index is -1.24. The van der Waals surface area contributed by atoms with Crippen molar-refractivity contribution in [3.8, 4) is 5.75 Å². The molecule has 0 aromatic heterocycles. The summed E-state index contributed by atoms with van der Waals surface area (Å²) >= 11 is 6.06. The van der Waals surface area contributed by atoms with Gasteiger partial charge in [0.2, 0.25) is 11.8 Å². The van der Waals surface area contributed by atoms with Gasteiger partial charge in [-0.15, -0.1) is 0 Å². The van der Waals surface area contributed by atoms with Crippen molar-refractivity contribution in [3.63, 3.8) is 0 Å². The van der Waals surface area contributed by atoms with Gasteiger partial charge >= 0.3 is 0 Å². The Bertz CT molecular complexity index is 801. The summed E-state index contributed by atoms with van der Waals surface area (Å²) in [4.78, 5) is 25.0. The number of benzene rings is 2. The maximum absolute atomic E-state index is 12.6. The number of amides is 2. The fourth-order valence-corrected chi connectivity index (χ4v) is 2.50. The van der Waals surface area contributed by atoms with Crippen LogP contribution in [0.5, 0.6) is 5.75 Å². The number of ether oxygens (including phenoxy) is 1. The van der Waals surface area contributed by atoms with Gasteiger partial charge in [0.25, 0.3) is 0 Å². The van der Waals surface area contributed by atoms with E-state index in [0.29, 0.717) is 23.0 Å². The third kappa shape index (κ3) is 4.76. The normalized spacial score (nSPS) is 11.0. The van der Waals surface area contributed by atoms with Gasteiger partial charge in [-0.25, -0.2) is 0 Å². The summed E-state index contributed by atoms with van der Waals surface area (Å²) in [5.41, 5.74) is 1.39. The molecule has 0 aliphatic carbocycles. The van der Waals surface area contributed by atoms with E-state index in [1.807, 2.05) is 31.2 Å². The van der Waals surface area contributed by atoms with Crippen LogP contribution < -0.4 is 15.4 Å². The van der Waals surface area contributed by atoms with E-state index in [9.17, 15) is 9.59 Å². The smallest absolute Gasteiger partial charge is 0.239 e. The Kier molecular flexibility index (Phi) is 6.27. The average molecular weight is 375 g/mol. The molecule has 0 saturated heterocycles. The topological polar surface area (TPSA) is 67.4 Å². The first kappa shape index (κ1) is 19.8. The quantitative estimate of drug-likeness (QED) is 0.752. The van der Waals surface area contributed by atoms with Crippen molar-refractivity contribution in [1.82, 2.24) is 5.32 Å². The lowest BCUT2D eigenvalue weighted by Crippen LogP contribution is -2.44. The molecular weight excluding hydrogens is 352 g/mol. The highest BCUT2D eigenvalue weighted by Crippen LogP contribution is 2.28. The minimum absolute atomic E-state index is 0.352. The number of aryl methyl sites for hydroxylation is 1. The zero-order chi connectivity index (χ0) is 19.3. The number of anilines is 1. The number of methoxy groups -OCH3 is 1. The number of carbonyl (C=O) groups is 2. The summed E-state index contributed by atoms with van der Waals surface area (Å²) in [6.45, 7) is 5.53. The SMILES string of the molecule is COc1ccc(NC(=O)C(C)(C)C(=O)NCc2ccc(C)cc2)cc1Cl. The molecule has 2 aromatic carbocycles. The maximum Gasteiger partial charge on any atom is 0.239 e. The van der Waals surface area contributed by atoms with Gasteiger partial charge in [0.15, 0.2) is 0 Å². The number of carbonyl (C=O) groups excluding carboxylic acids is 2. The number of nitrogens with one attached hydrogen (secondary N) is 2. The highest BCUT2D eigenvalue weighted by Gasteiger charge is 2.36. The molecule has 0 aliphatic heterocycles. The lowest BCUT2D eigenvalue weighted by molar-refractivity contribution is -0.138. The molecule has 0 saturated carbocycles. The first-order valence-corrected chi connectivity index (χ1v) is 8.60. The van der Waals surface area contributed by atoms with E-state index in [4.69, 9.17) is 16.3 Å². The summed E-state index contributed by atoms with van der Waals surface area (Å²) in [5, 5.41) is 5.91. The van der Waals surface area contributed by atoms with Gasteiger partial charge in [0, 0.05) is 12.2 Å². The second-order valence-corrected chi connectivity index (χ2v) is 7.00. The zero-order valence-corrected chi connectivity index (χ0v) is 16.1. The fourth-order valence-electron chi connectivity index (χ4n) is 2.24. The van der Waals surface area contributed by atoms with E-state index in [-0.39, 0.29) is 5.91 Å². The molecule has 0 atom stereocenters. The summed E-state index contributed by atoms with van der Waals surface area (Å²) < 4.78 is 5.08. The number of rotatable bonds is 6. The highest BCUT2D eigenvalue weighted by atomic mass is 35.5. The standard InChI is InChI=1S/C20H23ClN2O3/c1-13-5-7-14(8-6-13)12-22-18(24)20(2,3)19(25)23-15-9-10-17(26-4)16(21)11-15/h5-11H,12H2,1-4H3,(H,22,24)(H,23,25). The Morgan fingerprint density at radius 3 is 2.31 bits per heavy atom. The molecule has 0 unspecified atom stereocenters. The van der Waals surface area contributed by atoms with E-state index in [1.165, 1.54) is 7.11 Å². The largest absolute Gasteiger partial charge is 0.495 e. The molecule has 0 radical (unpaired) electrons. The predicted molar refractivity (Wildman–Crippen MR) is 103 cm³/mol. The fraction of sp³-hybridized carbons (Fsp3) is 0.300. The van der Waals surface area contributed by atoms with Crippen LogP contribution in [-0.4, -0.2) is 18.9 Å². The van der Waals surface area contributed by atoms with Crippen molar-refractivity contribution >= 4 is 29.1 Å². The lowest BCUT2D eigenvalue weighted by Gasteiger charge is -2.23. The Hall–Kier alpha value is -2.53. The minimum Gasteiger partial charge on any atom is -0.495 e. The zero-order valence-electron chi connectivity index (χ0n) is 15.4. The van der Waals surface area contributed by atoms with E-state index in [0.717, 1.165) is 11.1 Å². The lowest BCUT2D eigenvalue weighted by atomic mass is 9.90. The molecular formula is C20H23ClN2O3. The second-order valence-electron chi connectivity index (χ2n) is 6.60. The van der Waals surface area contributed by atoms with Gasteiger partial charge in [-0.2, -0.15) is 0 Å². The van der Waals surface area contributed by atoms with Gasteiger partial charge in [0.1, 0.15) is 11.2 Å². The third-order valence-electron chi connectivity index (χ3n) is 4.12. The van der Waals surface area contributed by atoms with Crippen LogP contribution in [0.2, 0.25) is 5.02 Å². The Morgan fingerprint density at radius 2 is 1.73 bits per heavy atom. The predicted octanol–water partition coefficient (Wildman–Crippen LogP) is 3.94. The summed E-state index contributed by atoms with van der Waals surface area (Å²) in [5.74, 6) is -0.255. The maximum atomic E-state index is 12.6. The molecule has 0 heterocycles. The van der Waals surface area contributed by atoms with Crippen LogP contribution in [0.4, 0.5) is 5.69 Å². The van der Waals surface area contributed by atoms with Crippen molar-refractivity contribution in [3.05, 3.63) is 58.6 Å². The number of halogens is 1. The highest BCUT2D eigenvalue weighted by molar-refractivity contribution is 6.32. The van der Waals surface area contributed by atoms with E-state index < -0.39 is 11.3 Å². The molecule has 0 aliphatic rings. The number of hydrogen-bond acceptors (Lipinski definition) is 3. The first-order valence-electron chi connectivity index (χ1n) is 8.23. The third-order valence-corrected chi connectivity index (χ3v) is 4.41. The Labute approximate surface area is 158 Å². The molecule has 0 bridgehead atoms. The molecule has 2 rings (SSSR count). The van der Waals surface area contributed by atoms with E-state index in [1.54, 1.807) is 32.0 Å². The Balaban J connectivity index is 2.00. The summed E-state index contributed by atoms with van der Waals surface area (Å²) in [7, 11) is 1.51. The molecule has 138 valence electrons. The van der Waals surface area contributed by atoms with Crippen LogP contribution >= 0.6 is 11.6 Å². The molecule has 0 fully saturated rings. The van der Waals surface area contributed by atoms with E-state index in [2.05, 4.69) is 10.6 Å². The summed E-state index contributed by atoms with van der Waals surface area (Å²) in [6, 6.07) is 12.8. The summed E-state index contributed by atoms with van der Waals surface area (Å²) in [6.07, 6.45) is 0. The molecule has 5 nitrogen and oxygen atoms in total. The van der Waals surface area contributed by atoms with Gasteiger partial charge in [-0.1, -0.05) is 41.4 Å². The first-order chi connectivity index (χ1) is 12.2. The van der Waals surface area contributed by atoms with Crippen molar-refractivity contribution < 1.29 is 14.3 Å². The van der Waals surface area contributed by atoms with Crippen LogP contribution in [-0.2, 0) is 16.1 Å². The van der Waals surface area contributed by atoms with E-state index >= 15 is 0 Å². The van der Waals surface area contributed by atoms with Crippen molar-refractivity contribution in [1.29, 1.82) is 0 Å². The Morgan fingerprint density at radius 1 is 1.08 bits per heavy atom. The van der Waals surface area contributed by atoms with Crippen LogP contribution in [0.3, 0.4) is 0 Å². The van der Waals surface area contributed by atoms with Crippen LogP contribution in [0.25, 0.3) is 0 Å². The van der Waals surface area contributed by atoms with Gasteiger partial charge in [-0.3, -0.25) is 9.59 Å². The molecule has 0 spiro atoms. The van der Waals surface area contributed by atoms with Gasteiger partial charge in [-0.05, 0) is 44.5 Å². The molecule has 2 aromatic rings. The monoisotopic (exact) mass is 374 g/mol. The van der Waals surface area contributed by atoms with Crippen molar-refractivity contribution in [2.24, 2.45) is 5.41 Å².